The average molecular weight is 235 g/mol. The standard InChI is InChI=1S/C15H25NO/c1-5-10-16-13(3)11-14(4)17-15-9-7-6-8-12(15)2/h6-9,13-14,16H,5,10-11H2,1-4H3. The molecule has 0 fully saturated rings. The first-order valence-electron chi connectivity index (χ1n) is 6.59. The summed E-state index contributed by atoms with van der Waals surface area (Å²) in [6, 6.07) is 8.69. The van der Waals surface area contributed by atoms with Crippen molar-refractivity contribution >= 4 is 0 Å². The van der Waals surface area contributed by atoms with E-state index in [9.17, 15) is 0 Å². The van der Waals surface area contributed by atoms with Crippen molar-refractivity contribution in [3.05, 3.63) is 29.8 Å². The van der Waals surface area contributed by atoms with E-state index in [0.29, 0.717) is 6.04 Å². The Morgan fingerprint density at radius 3 is 2.59 bits per heavy atom. The van der Waals surface area contributed by atoms with Crippen LogP contribution in [0.1, 0.15) is 39.2 Å². The summed E-state index contributed by atoms with van der Waals surface area (Å²) in [5.41, 5.74) is 1.20. The number of aryl methyl sites for hydroxylation is 1. The van der Waals surface area contributed by atoms with Crippen LogP contribution in [0, 0.1) is 6.92 Å². The van der Waals surface area contributed by atoms with Gasteiger partial charge in [-0.2, -0.15) is 0 Å². The largest absolute Gasteiger partial charge is 0.490 e. The maximum absolute atomic E-state index is 5.96. The second kappa shape index (κ2) is 7.33. The third-order valence-electron chi connectivity index (χ3n) is 2.85. The number of nitrogens with one attached hydrogen (secondary N) is 1. The topological polar surface area (TPSA) is 21.3 Å². The lowest BCUT2D eigenvalue weighted by Gasteiger charge is -2.20. The van der Waals surface area contributed by atoms with Gasteiger partial charge < -0.3 is 10.1 Å². The first kappa shape index (κ1) is 14.0. The van der Waals surface area contributed by atoms with E-state index in [1.54, 1.807) is 0 Å². The van der Waals surface area contributed by atoms with E-state index < -0.39 is 0 Å². The van der Waals surface area contributed by atoms with Gasteiger partial charge in [0.2, 0.25) is 0 Å². The van der Waals surface area contributed by atoms with Gasteiger partial charge in [0.1, 0.15) is 5.75 Å². The lowest BCUT2D eigenvalue weighted by atomic mass is 10.1. The Morgan fingerprint density at radius 2 is 1.94 bits per heavy atom. The fourth-order valence-corrected chi connectivity index (χ4v) is 1.93. The van der Waals surface area contributed by atoms with E-state index in [-0.39, 0.29) is 6.10 Å². The molecule has 0 bridgehead atoms. The van der Waals surface area contributed by atoms with Crippen LogP contribution in [0.5, 0.6) is 5.75 Å². The van der Waals surface area contributed by atoms with Gasteiger partial charge in [0.25, 0.3) is 0 Å². The van der Waals surface area contributed by atoms with Gasteiger partial charge in [-0.25, -0.2) is 0 Å². The van der Waals surface area contributed by atoms with Gasteiger partial charge >= 0.3 is 0 Å². The number of hydrogen-bond donors (Lipinski definition) is 1. The molecule has 1 rings (SSSR count). The van der Waals surface area contributed by atoms with Gasteiger partial charge in [-0.05, 0) is 51.8 Å². The molecule has 2 heteroatoms. The van der Waals surface area contributed by atoms with E-state index in [1.165, 1.54) is 12.0 Å². The minimum atomic E-state index is 0.246. The Balaban J connectivity index is 2.39. The third kappa shape index (κ3) is 5.22. The molecule has 2 atom stereocenters. The van der Waals surface area contributed by atoms with E-state index >= 15 is 0 Å². The van der Waals surface area contributed by atoms with Crippen molar-refractivity contribution in [3.8, 4) is 5.75 Å². The Kier molecular flexibility index (Phi) is 6.06. The lowest BCUT2D eigenvalue weighted by Crippen LogP contribution is -2.31. The van der Waals surface area contributed by atoms with Gasteiger partial charge in [0.05, 0.1) is 6.10 Å². The van der Waals surface area contributed by atoms with E-state index in [4.69, 9.17) is 4.74 Å². The van der Waals surface area contributed by atoms with Crippen LogP contribution in [0.2, 0.25) is 0 Å². The smallest absolute Gasteiger partial charge is 0.122 e. The van der Waals surface area contributed by atoms with Crippen molar-refractivity contribution in [2.75, 3.05) is 6.54 Å². The van der Waals surface area contributed by atoms with Crippen molar-refractivity contribution in [3.63, 3.8) is 0 Å². The van der Waals surface area contributed by atoms with Crippen LogP contribution in [0.3, 0.4) is 0 Å². The normalized spacial score (nSPS) is 14.4. The first-order valence-corrected chi connectivity index (χ1v) is 6.59. The minimum absolute atomic E-state index is 0.246. The van der Waals surface area contributed by atoms with Gasteiger partial charge in [-0.1, -0.05) is 25.1 Å². The van der Waals surface area contributed by atoms with Gasteiger partial charge in [-0.15, -0.1) is 0 Å². The van der Waals surface area contributed by atoms with Gasteiger partial charge in [0, 0.05) is 6.04 Å². The maximum atomic E-state index is 5.96. The number of benzene rings is 1. The predicted molar refractivity (Wildman–Crippen MR) is 73.6 cm³/mol. The summed E-state index contributed by atoms with van der Waals surface area (Å²) in [4.78, 5) is 0. The highest BCUT2D eigenvalue weighted by Crippen LogP contribution is 2.19. The monoisotopic (exact) mass is 235 g/mol. The molecule has 0 radical (unpaired) electrons. The molecule has 0 saturated carbocycles. The molecule has 0 spiro atoms. The second-order valence-corrected chi connectivity index (χ2v) is 4.78. The fraction of sp³-hybridized carbons (Fsp3) is 0.600. The maximum Gasteiger partial charge on any atom is 0.122 e. The number of hydrogen-bond acceptors (Lipinski definition) is 2. The van der Waals surface area contributed by atoms with Crippen LogP contribution >= 0.6 is 0 Å². The molecule has 1 N–H and O–H groups in total. The molecule has 0 aromatic heterocycles. The molecule has 2 unspecified atom stereocenters. The average Bonchev–Trinajstić information content (AvgIpc) is 2.29. The zero-order valence-electron chi connectivity index (χ0n) is 11.5. The van der Waals surface area contributed by atoms with E-state index in [1.807, 2.05) is 18.2 Å². The zero-order valence-corrected chi connectivity index (χ0v) is 11.5. The predicted octanol–water partition coefficient (Wildman–Crippen LogP) is 3.54. The quantitative estimate of drug-likeness (QED) is 0.780. The summed E-state index contributed by atoms with van der Waals surface area (Å²) in [7, 11) is 0. The van der Waals surface area contributed by atoms with Crippen molar-refractivity contribution < 1.29 is 4.74 Å². The van der Waals surface area contributed by atoms with Gasteiger partial charge in [0.15, 0.2) is 0 Å². The van der Waals surface area contributed by atoms with Crippen LogP contribution < -0.4 is 10.1 Å². The first-order chi connectivity index (χ1) is 8.13. The fourth-order valence-electron chi connectivity index (χ4n) is 1.93. The van der Waals surface area contributed by atoms with Crippen molar-refractivity contribution in [2.24, 2.45) is 0 Å². The van der Waals surface area contributed by atoms with E-state index in [2.05, 4.69) is 39.1 Å². The SMILES string of the molecule is CCCNC(C)CC(C)Oc1ccccc1C. The number of ether oxygens (including phenoxy) is 1. The highest BCUT2D eigenvalue weighted by molar-refractivity contribution is 5.31. The molecule has 0 heterocycles. The minimum Gasteiger partial charge on any atom is -0.490 e. The molecule has 2 nitrogen and oxygen atoms in total. The van der Waals surface area contributed by atoms with Crippen molar-refractivity contribution in [1.29, 1.82) is 0 Å². The summed E-state index contributed by atoms with van der Waals surface area (Å²) >= 11 is 0. The molecule has 96 valence electrons. The summed E-state index contributed by atoms with van der Waals surface area (Å²) in [6.45, 7) is 9.70. The molecular formula is C15H25NO. The van der Waals surface area contributed by atoms with E-state index in [0.717, 1.165) is 18.7 Å². The zero-order chi connectivity index (χ0) is 12.7. The Morgan fingerprint density at radius 1 is 1.24 bits per heavy atom. The third-order valence-corrected chi connectivity index (χ3v) is 2.85. The highest BCUT2D eigenvalue weighted by Gasteiger charge is 2.10. The van der Waals surface area contributed by atoms with Crippen LogP contribution in [-0.4, -0.2) is 18.7 Å². The Hall–Kier alpha value is -1.02. The molecule has 0 aliphatic rings. The molecule has 0 amide bonds. The molecule has 17 heavy (non-hydrogen) atoms. The Labute approximate surface area is 105 Å². The molecule has 1 aromatic rings. The molecule has 0 saturated heterocycles. The van der Waals surface area contributed by atoms with Crippen LogP contribution in [0.15, 0.2) is 24.3 Å². The summed E-state index contributed by atoms with van der Waals surface area (Å²) in [5.74, 6) is 1.00. The summed E-state index contributed by atoms with van der Waals surface area (Å²) < 4.78 is 5.96. The summed E-state index contributed by atoms with van der Waals surface area (Å²) in [6.07, 6.45) is 2.46. The summed E-state index contributed by atoms with van der Waals surface area (Å²) in [5, 5.41) is 3.48. The van der Waals surface area contributed by atoms with Crippen molar-refractivity contribution in [2.45, 2.75) is 52.7 Å². The van der Waals surface area contributed by atoms with Crippen molar-refractivity contribution in [1.82, 2.24) is 5.32 Å². The molecule has 0 aliphatic carbocycles. The second-order valence-electron chi connectivity index (χ2n) is 4.78. The molecule has 0 aliphatic heterocycles. The highest BCUT2D eigenvalue weighted by atomic mass is 16.5. The molecule has 1 aromatic carbocycles. The Bertz CT molecular complexity index is 324. The number of rotatable bonds is 7. The van der Waals surface area contributed by atoms with Crippen LogP contribution in [-0.2, 0) is 0 Å². The van der Waals surface area contributed by atoms with Gasteiger partial charge in [-0.3, -0.25) is 0 Å². The molecular weight excluding hydrogens is 210 g/mol. The van der Waals surface area contributed by atoms with Crippen LogP contribution in [0.25, 0.3) is 0 Å². The van der Waals surface area contributed by atoms with Crippen LogP contribution in [0.4, 0.5) is 0 Å². The number of para-hydroxylation sites is 1. The lowest BCUT2D eigenvalue weighted by molar-refractivity contribution is 0.194.